The van der Waals surface area contributed by atoms with Gasteiger partial charge in [0.15, 0.2) is 0 Å². The lowest BCUT2D eigenvalue weighted by Gasteiger charge is -2.39. The minimum Gasteiger partial charge on any atom is -0.530 e. The van der Waals surface area contributed by atoms with E-state index in [-0.39, 0.29) is 17.6 Å². The second-order valence-electron chi connectivity index (χ2n) is 7.71. The minimum atomic E-state index is -3.50. The Morgan fingerprint density at radius 1 is 1.16 bits per heavy atom. The lowest BCUT2D eigenvalue weighted by atomic mass is 9.88. The molecule has 162 valence electrons. The Labute approximate surface area is 180 Å². The molecular weight excluding hydrogens is 418 g/mol. The first-order chi connectivity index (χ1) is 14.8. The first-order valence-electron chi connectivity index (χ1n) is 9.88. The number of carbonyl (C=O) groups is 1. The number of carboxylic acid groups (broad SMARTS) is 1. The van der Waals surface area contributed by atoms with Gasteiger partial charge < -0.3 is 19.5 Å². The third-order valence-corrected chi connectivity index (χ3v) is 6.38. The highest BCUT2D eigenvalue weighted by Crippen LogP contribution is 2.31. The highest BCUT2D eigenvalue weighted by atomic mass is 32.2. The number of amides is 1. The van der Waals surface area contributed by atoms with E-state index >= 15 is 0 Å². The highest BCUT2D eigenvalue weighted by molar-refractivity contribution is 7.90. The summed E-state index contributed by atoms with van der Waals surface area (Å²) in [6.07, 6.45) is 2.84. The molecule has 2 atom stereocenters. The van der Waals surface area contributed by atoms with E-state index in [2.05, 4.69) is 9.97 Å². The number of likely N-dealkylation sites (tertiary alicyclic amines) is 1. The molecule has 0 N–H and O–H groups in total. The molecule has 31 heavy (non-hydrogen) atoms. The molecule has 0 bridgehead atoms. The predicted molar refractivity (Wildman–Crippen MR) is 112 cm³/mol. The fourth-order valence-electron chi connectivity index (χ4n) is 3.87. The molecule has 1 aromatic heterocycles. The fraction of sp³-hybridized carbons (Fsp3) is 0.318. The summed E-state index contributed by atoms with van der Waals surface area (Å²) in [7, 11) is -3.50. The van der Waals surface area contributed by atoms with Crippen LogP contribution in [0.4, 0.5) is 4.79 Å². The van der Waals surface area contributed by atoms with Crippen LogP contribution in [-0.4, -0.2) is 54.8 Å². The van der Waals surface area contributed by atoms with Crippen LogP contribution in [0.3, 0.4) is 0 Å². The Kier molecular flexibility index (Phi) is 5.88. The number of fused-ring (bicyclic) bond motifs is 1. The van der Waals surface area contributed by atoms with Crippen molar-refractivity contribution in [2.45, 2.75) is 30.2 Å². The van der Waals surface area contributed by atoms with E-state index in [0.717, 1.165) is 22.6 Å². The van der Waals surface area contributed by atoms with Gasteiger partial charge in [0.25, 0.3) is 0 Å². The maximum absolute atomic E-state index is 11.6. The highest BCUT2D eigenvalue weighted by Gasteiger charge is 2.32. The zero-order chi connectivity index (χ0) is 22.0. The monoisotopic (exact) mass is 440 g/mol. The molecule has 1 amide bonds. The molecule has 0 radical (unpaired) electrons. The van der Waals surface area contributed by atoms with Crippen molar-refractivity contribution >= 4 is 26.7 Å². The van der Waals surface area contributed by atoms with E-state index in [9.17, 15) is 18.3 Å². The summed E-state index contributed by atoms with van der Waals surface area (Å²) in [5, 5.41) is 13.4. The van der Waals surface area contributed by atoms with Gasteiger partial charge in [0.05, 0.1) is 12.7 Å². The molecule has 2 heterocycles. The molecule has 9 heteroatoms. The largest absolute Gasteiger partial charge is 0.530 e. The molecule has 1 aliphatic rings. The summed E-state index contributed by atoms with van der Waals surface area (Å²) < 4.78 is 29.4. The topological polar surface area (TPSA) is 113 Å². The Bertz CT molecular complexity index is 1200. The van der Waals surface area contributed by atoms with Gasteiger partial charge in [-0.15, -0.1) is 0 Å². The quantitative estimate of drug-likeness (QED) is 0.556. The Morgan fingerprint density at radius 3 is 2.55 bits per heavy atom. The van der Waals surface area contributed by atoms with Crippen LogP contribution in [0.5, 0.6) is 0 Å². The first kappa shape index (κ1) is 21.2. The smallest absolute Gasteiger partial charge is 0.246 e. The molecule has 2 aromatic carbocycles. The van der Waals surface area contributed by atoms with Gasteiger partial charge in [0.1, 0.15) is 6.09 Å². The Balaban J connectivity index is 1.54. The van der Waals surface area contributed by atoms with Crippen LogP contribution in [-0.2, 0) is 21.2 Å². The average molecular weight is 441 g/mol. The number of piperidine rings is 1. The van der Waals surface area contributed by atoms with Gasteiger partial charge in [0, 0.05) is 37.7 Å². The van der Waals surface area contributed by atoms with E-state index in [1.807, 2.05) is 42.5 Å². The average Bonchev–Trinajstić information content (AvgIpc) is 2.77. The van der Waals surface area contributed by atoms with Crippen molar-refractivity contribution in [2.24, 2.45) is 0 Å². The Morgan fingerprint density at radius 2 is 1.87 bits per heavy atom. The maximum Gasteiger partial charge on any atom is 0.246 e. The molecule has 3 aromatic rings. The van der Waals surface area contributed by atoms with Gasteiger partial charge in [0.2, 0.25) is 15.0 Å². The maximum atomic E-state index is 11.6. The molecule has 1 saturated heterocycles. The van der Waals surface area contributed by atoms with E-state index in [4.69, 9.17) is 4.74 Å². The molecule has 2 unspecified atom stereocenters. The van der Waals surface area contributed by atoms with Gasteiger partial charge in [-0.1, -0.05) is 36.4 Å². The lowest BCUT2D eigenvalue weighted by Crippen LogP contribution is -2.51. The molecule has 4 rings (SSSR count). The van der Waals surface area contributed by atoms with Crippen molar-refractivity contribution in [1.82, 2.24) is 14.9 Å². The number of benzene rings is 2. The second kappa shape index (κ2) is 8.60. The molecule has 1 aliphatic heterocycles. The van der Waals surface area contributed by atoms with E-state index in [1.54, 1.807) is 0 Å². The fourth-order valence-corrected chi connectivity index (χ4v) is 4.36. The summed E-state index contributed by atoms with van der Waals surface area (Å²) in [5.74, 6) is -0.162. The van der Waals surface area contributed by atoms with Crippen molar-refractivity contribution in [3.63, 3.8) is 0 Å². The van der Waals surface area contributed by atoms with Crippen molar-refractivity contribution in [1.29, 1.82) is 0 Å². The lowest BCUT2D eigenvalue weighted by molar-refractivity contribution is -0.268. The molecule has 0 saturated carbocycles. The Hall–Kier alpha value is -3.04. The van der Waals surface area contributed by atoms with Gasteiger partial charge in [-0.05, 0) is 34.4 Å². The van der Waals surface area contributed by atoms with E-state index in [1.165, 1.54) is 17.3 Å². The third kappa shape index (κ3) is 4.83. The van der Waals surface area contributed by atoms with Gasteiger partial charge in [-0.25, -0.2) is 18.4 Å². The number of carbonyl (C=O) groups excluding carboxylic acids is 1. The summed E-state index contributed by atoms with van der Waals surface area (Å²) in [4.78, 5) is 20.6. The summed E-state index contributed by atoms with van der Waals surface area (Å²) in [6, 6.07) is 14.1. The van der Waals surface area contributed by atoms with Gasteiger partial charge >= 0.3 is 0 Å². The first-order valence-corrected chi connectivity index (χ1v) is 11.8. The number of ether oxygens (including phenoxy) is 1. The predicted octanol–water partition coefficient (Wildman–Crippen LogP) is 1.75. The van der Waals surface area contributed by atoms with Crippen LogP contribution in [0.2, 0.25) is 0 Å². The van der Waals surface area contributed by atoms with Crippen LogP contribution < -0.4 is 5.11 Å². The zero-order valence-corrected chi connectivity index (χ0v) is 17.8. The second-order valence-corrected chi connectivity index (χ2v) is 9.62. The number of aromatic nitrogens is 2. The van der Waals surface area contributed by atoms with Crippen LogP contribution in [0.15, 0.2) is 60.0 Å². The van der Waals surface area contributed by atoms with Crippen molar-refractivity contribution in [2.75, 3.05) is 19.3 Å². The van der Waals surface area contributed by atoms with Crippen LogP contribution in [0, 0.1) is 0 Å². The van der Waals surface area contributed by atoms with Crippen molar-refractivity contribution in [3.8, 4) is 0 Å². The SMILES string of the molecule is CS(=O)(=O)c1ncc(C2CCN(C(=O)[O-])CC2OCc2ccc3ccccc3c2)cn1. The molecule has 0 spiro atoms. The summed E-state index contributed by atoms with van der Waals surface area (Å²) in [5.41, 5.74) is 1.70. The standard InChI is InChI=1S/C22H23N3O5S/c1-31(28,29)21-23-11-18(12-24-21)19-8-9-25(22(26)27)13-20(19)30-14-15-6-7-16-4-2-3-5-17(16)10-15/h2-7,10-12,19-20H,8-9,13-14H2,1H3,(H,26,27)/p-1. The molecule has 1 fully saturated rings. The van der Waals surface area contributed by atoms with Crippen LogP contribution >= 0.6 is 0 Å². The normalized spacial score (nSPS) is 19.5. The summed E-state index contributed by atoms with van der Waals surface area (Å²) >= 11 is 0. The van der Waals surface area contributed by atoms with Gasteiger partial charge in [-0.2, -0.15) is 0 Å². The summed E-state index contributed by atoms with van der Waals surface area (Å²) in [6.45, 7) is 0.778. The third-order valence-electron chi connectivity index (χ3n) is 5.50. The number of nitrogens with zero attached hydrogens (tertiary/aromatic N) is 3. The van der Waals surface area contributed by atoms with Crippen molar-refractivity contribution in [3.05, 3.63) is 66.0 Å². The molecule has 0 aliphatic carbocycles. The van der Waals surface area contributed by atoms with Gasteiger partial charge in [-0.3, -0.25) is 0 Å². The van der Waals surface area contributed by atoms with E-state index in [0.29, 0.717) is 25.1 Å². The number of hydrogen-bond acceptors (Lipinski definition) is 7. The minimum absolute atomic E-state index is 0.161. The molecule has 8 nitrogen and oxygen atoms in total. The molecular formula is C22H22N3O5S-. The number of rotatable bonds is 5. The van der Waals surface area contributed by atoms with Crippen LogP contribution in [0.1, 0.15) is 23.5 Å². The number of hydrogen-bond donors (Lipinski definition) is 0. The van der Waals surface area contributed by atoms with E-state index < -0.39 is 22.0 Å². The number of sulfone groups is 1. The van der Waals surface area contributed by atoms with Crippen molar-refractivity contribution < 1.29 is 23.1 Å². The zero-order valence-electron chi connectivity index (χ0n) is 17.0. The van der Waals surface area contributed by atoms with Crippen LogP contribution in [0.25, 0.3) is 10.8 Å².